The summed E-state index contributed by atoms with van der Waals surface area (Å²) in [5.74, 6) is 1.62. The van der Waals surface area contributed by atoms with Gasteiger partial charge in [0.1, 0.15) is 11.9 Å². The highest BCUT2D eigenvalue weighted by Crippen LogP contribution is 2.32. The third-order valence-electron chi connectivity index (χ3n) is 4.68. The lowest BCUT2D eigenvalue weighted by atomic mass is 9.85. The van der Waals surface area contributed by atoms with Crippen LogP contribution in [0.4, 0.5) is 0 Å². The Bertz CT molecular complexity index is 634. The Hall–Kier alpha value is -1.76. The second-order valence-electron chi connectivity index (χ2n) is 7.60. The van der Waals surface area contributed by atoms with Gasteiger partial charge in [-0.3, -0.25) is 0 Å². The molecule has 0 amide bonds. The number of rotatable bonds is 2. The summed E-state index contributed by atoms with van der Waals surface area (Å²) in [7, 11) is 0. The predicted octanol–water partition coefficient (Wildman–Crippen LogP) is 5.17. The summed E-state index contributed by atoms with van der Waals surface area (Å²) in [4.78, 5) is 0. The second kappa shape index (κ2) is 5.79. The molecule has 0 saturated heterocycles. The van der Waals surface area contributed by atoms with Crippen molar-refractivity contribution in [2.45, 2.75) is 52.1 Å². The Balaban J connectivity index is 1.74. The first-order valence-electron chi connectivity index (χ1n) is 8.27. The lowest BCUT2D eigenvalue weighted by molar-refractivity contribution is 0.122. The van der Waals surface area contributed by atoms with Gasteiger partial charge in [-0.15, -0.1) is 0 Å². The minimum atomic E-state index is 0.214. The summed E-state index contributed by atoms with van der Waals surface area (Å²) in [5.41, 5.74) is 4.31. The van der Waals surface area contributed by atoms with Gasteiger partial charge in [-0.05, 0) is 40.5 Å². The monoisotopic (exact) mass is 294 g/mol. The first-order valence-corrected chi connectivity index (χ1v) is 8.27. The normalized spacial score (nSPS) is 21.1. The van der Waals surface area contributed by atoms with Gasteiger partial charge in [0.15, 0.2) is 0 Å². The van der Waals surface area contributed by atoms with E-state index in [1.807, 2.05) is 0 Å². The fourth-order valence-electron chi connectivity index (χ4n) is 3.16. The molecule has 1 heterocycles. The molecule has 116 valence electrons. The Morgan fingerprint density at radius 2 is 1.68 bits per heavy atom. The molecule has 22 heavy (non-hydrogen) atoms. The molecule has 1 aliphatic heterocycles. The van der Waals surface area contributed by atoms with Crippen LogP contribution in [0.2, 0.25) is 0 Å². The van der Waals surface area contributed by atoms with Crippen molar-refractivity contribution >= 4 is 0 Å². The summed E-state index contributed by atoms with van der Waals surface area (Å²) in [5, 5.41) is 0. The molecular weight excluding hydrogens is 268 g/mol. The van der Waals surface area contributed by atoms with E-state index < -0.39 is 0 Å². The van der Waals surface area contributed by atoms with E-state index in [4.69, 9.17) is 4.74 Å². The summed E-state index contributed by atoms with van der Waals surface area (Å²) in [6, 6.07) is 17.5. The molecule has 0 saturated carbocycles. The molecule has 2 atom stereocenters. The Morgan fingerprint density at radius 1 is 1.00 bits per heavy atom. The molecule has 0 N–H and O–H groups in total. The molecule has 0 aliphatic carbocycles. The number of fused-ring (bicyclic) bond motifs is 1. The van der Waals surface area contributed by atoms with Gasteiger partial charge >= 0.3 is 0 Å². The van der Waals surface area contributed by atoms with E-state index in [0.717, 1.165) is 18.6 Å². The summed E-state index contributed by atoms with van der Waals surface area (Å²) < 4.78 is 6.25. The summed E-state index contributed by atoms with van der Waals surface area (Å²) in [6.45, 7) is 9.06. The van der Waals surface area contributed by atoms with Crippen LogP contribution in [-0.4, -0.2) is 6.10 Å². The van der Waals surface area contributed by atoms with Gasteiger partial charge in [-0.2, -0.15) is 0 Å². The first-order chi connectivity index (χ1) is 10.4. The van der Waals surface area contributed by atoms with Crippen molar-refractivity contribution in [1.82, 2.24) is 0 Å². The van der Waals surface area contributed by atoms with Crippen LogP contribution >= 0.6 is 0 Å². The number of hydrogen-bond acceptors (Lipinski definition) is 1. The SMILES string of the molecule is CC1Cc2ccccc2OC1Cc1ccc(C(C)(C)C)cc1. The van der Waals surface area contributed by atoms with Crippen molar-refractivity contribution < 1.29 is 4.74 Å². The van der Waals surface area contributed by atoms with Gasteiger partial charge in [-0.25, -0.2) is 0 Å². The van der Waals surface area contributed by atoms with Gasteiger partial charge in [0.05, 0.1) is 0 Å². The minimum absolute atomic E-state index is 0.214. The Morgan fingerprint density at radius 3 is 2.36 bits per heavy atom. The summed E-state index contributed by atoms with van der Waals surface area (Å²) >= 11 is 0. The zero-order valence-corrected chi connectivity index (χ0v) is 14.1. The smallest absolute Gasteiger partial charge is 0.122 e. The van der Waals surface area contributed by atoms with Gasteiger partial charge in [0, 0.05) is 6.42 Å². The highest BCUT2D eigenvalue weighted by molar-refractivity contribution is 5.36. The van der Waals surface area contributed by atoms with E-state index in [1.165, 1.54) is 16.7 Å². The predicted molar refractivity (Wildman–Crippen MR) is 92.6 cm³/mol. The van der Waals surface area contributed by atoms with Gasteiger partial charge in [0.25, 0.3) is 0 Å². The number of hydrogen-bond donors (Lipinski definition) is 0. The van der Waals surface area contributed by atoms with Crippen molar-refractivity contribution in [2.24, 2.45) is 5.92 Å². The maximum atomic E-state index is 6.25. The molecule has 1 heteroatoms. The third kappa shape index (κ3) is 3.19. The molecule has 0 fully saturated rings. The molecule has 0 aromatic heterocycles. The third-order valence-corrected chi connectivity index (χ3v) is 4.68. The van der Waals surface area contributed by atoms with Crippen LogP contribution in [0.1, 0.15) is 44.4 Å². The summed E-state index contributed by atoms with van der Waals surface area (Å²) in [6.07, 6.45) is 2.37. The molecular formula is C21H26O. The largest absolute Gasteiger partial charge is 0.490 e. The molecule has 0 spiro atoms. The zero-order chi connectivity index (χ0) is 15.7. The molecule has 2 unspecified atom stereocenters. The van der Waals surface area contributed by atoms with Crippen molar-refractivity contribution in [2.75, 3.05) is 0 Å². The van der Waals surface area contributed by atoms with Gasteiger partial charge in [0.2, 0.25) is 0 Å². The fraction of sp³-hybridized carbons (Fsp3) is 0.429. The van der Waals surface area contributed by atoms with E-state index in [0.29, 0.717) is 5.92 Å². The van der Waals surface area contributed by atoms with Crippen LogP contribution in [0.25, 0.3) is 0 Å². The van der Waals surface area contributed by atoms with Gasteiger partial charge in [-0.1, -0.05) is 70.2 Å². The number of para-hydroxylation sites is 1. The topological polar surface area (TPSA) is 9.23 Å². The lowest BCUT2D eigenvalue weighted by Crippen LogP contribution is -2.33. The van der Waals surface area contributed by atoms with Crippen molar-refractivity contribution in [3.63, 3.8) is 0 Å². The number of benzene rings is 2. The van der Waals surface area contributed by atoms with E-state index in [9.17, 15) is 0 Å². The second-order valence-corrected chi connectivity index (χ2v) is 7.60. The Kier molecular flexibility index (Phi) is 3.99. The van der Waals surface area contributed by atoms with Crippen LogP contribution in [0.15, 0.2) is 48.5 Å². The maximum absolute atomic E-state index is 6.25. The van der Waals surface area contributed by atoms with E-state index in [2.05, 4.69) is 76.2 Å². The lowest BCUT2D eigenvalue weighted by Gasteiger charge is -2.32. The van der Waals surface area contributed by atoms with Crippen LogP contribution in [0, 0.1) is 5.92 Å². The van der Waals surface area contributed by atoms with Crippen LogP contribution in [0.3, 0.4) is 0 Å². The molecule has 3 rings (SSSR count). The van der Waals surface area contributed by atoms with Crippen LogP contribution in [0.5, 0.6) is 5.75 Å². The van der Waals surface area contributed by atoms with Crippen molar-refractivity contribution in [3.05, 3.63) is 65.2 Å². The zero-order valence-electron chi connectivity index (χ0n) is 14.1. The fourth-order valence-corrected chi connectivity index (χ4v) is 3.16. The van der Waals surface area contributed by atoms with Gasteiger partial charge < -0.3 is 4.74 Å². The van der Waals surface area contributed by atoms with Crippen LogP contribution in [-0.2, 0) is 18.3 Å². The van der Waals surface area contributed by atoms with E-state index in [1.54, 1.807) is 0 Å². The van der Waals surface area contributed by atoms with E-state index >= 15 is 0 Å². The standard InChI is InChI=1S/C21H26O/c1-15-13-17-7-5-6-8-19(17)22-20(15)14-16-9-11-18(12-10-16)21(2,3)4/h5-12,15,20H,13-14H2,1-4H3. The molecule has 0 radical (unpaired) electrons. The highest BCUT2D eigenvalue weighted by atomic mass is 16.5. The minimum Gasteiger partial charge on any atom is -0.490 e. The average molecular weight is 294 g/mol. The molecule has 0 bridgehead atoms. The number of ether oxygens (including phenoxy) is 1. The average Bonchev–Trinajstić information content (AvgIpc) is 2.48. The highest BCUT2D eigenvalue weighted by Gasteiger charge is 2.26. The quantitative estimate of drug-likeness (QED) is 0.742. The van der Waals surface area contributed by atoms with E-state index in [-0.39, 0.29) is 11.5 Å². The molecule has 1 nitrogen and oxygen atoms in total. The molecule has 2 aromatic carbocycles. The maximum Gasteiger partial charge on any atom is 0.122 e. The van der Waals surface area contributed by atoms with Crippen LogP contribution < -0.4 is 4.74 Å². The van der Waals surface area contributed by atoms with Crippen molar-refractivity contribution in [3.8, 4) is 5.75 Å². The van der Waals surface area contributed by atoms with Crippen molar-refractivity contribution in [1.29, 1.82) is 0 Å². The molecule has 2 aromatic rings. The first kappa shape index (κ1) is 15.1. The molecule has 1 aliphatic rings. The Labute approximate surface area is 134 Å².